The Bertz CT molecular complexity index is 587. The van der Waals surface area contributed by atoms with E-state index < -0.39 is 0 Å². The monoisotopic (exact) mass is 277 g/mol. The highest BCUT2D eigenvalue weighted by Crippen LogP contribution is 2.32. The lowest BCUT2D eigenvalue weighted by molar-refractivity contribution is -0.125. The van der Waals surface area contributed by atoms with Gasteiger partial charge in [-0.3, -0.25) is 9.69 Å². The standard InChI is InChI=1S/C13H15N3O4/c1-15-5-11(17)16(13(15)18)4-8-2-10(14)3-9-6-19-7-20-12(8)9/h2-3H,4-7,14H2,1H3. The maximum Gasteiger partial charge on any atom is 0.327 e. The minimum Gasteiger partial charge on any atom is -0.467 e. The molecule has 0 atom stereocenters. The van der Waals surface area contributed by atoms with Crippen LogP contribution in [0.25, 0.3) is 0 Å². The van der Waals surface area contributed by atoms with Gasteiger partial charge in [0, 0.05) is 23.9 Å². The van der Waals surface area contributed by atoms with E-state index >= 15 is 0 Å². The molecule has 0 radical (unpaired) electrons. The van der Waals surface area contributed by atoms with Crippen molar-refractivity contribution < 1.29 is 19.1 Å². The molecular weight excluding hydrogens is 262 g/mol. The molecule has 106 valence electrons. The van der Waals surface area contributed by atoms with Gasteiger partial charge in [-0.2, -0.15) is 0 Å². The van der Waals surface area contributed by atoms with E-state index in [1.54, 1.807) is 19.2 Å². The summed E-state index contributed by atoms with van der Waals surface area (Å²) in [5, 5.41) is 0. The van der Waals surface area contributed by atoms with Gasteiger partial charge >= 0.3 is 6.03 Å². The van der Waals surface area contributed by atoms with Crippen molar-refractivity contribution in [2.45, 2.75) is 13.2 Å². The molecule has 0 aliphatic carbocycles. The minimum atomic E-state index is -0.307. The molecule has 2 heterocycles. The number of nitrogens with zero attached hydrogens (tertiary/aromatic N) is 2. The summed E-state index contributed by atoms with van der Waals surface area (Å²) in [4.78, 5) is 26.3. The number of carbonyl (C=O) groups excluding carboxylic acids is 2. The lowest BCUT2D eigenvalue weighted by Gasteiger charge is -2.23. The summed E-state index contributed by atoms with van der Waals surface area (Å²) in [6.45, 7) is 0.837. The number of ether oxygens (including phenoxy) is 2. The second-order valence-electron chi connectivity index (χ2n) is 4.90. The number of urea groups is 1. The van der Waals surface area contributed by atoms with E-state index in [0.29, 0.717) is 18.0 Å². The number of hydrogen-bond acceptors (Lipinski definition) is 5. The van der Waals surface area contributed by atoms with Gasteiger partial charge in [0.1, 0.15) is 12.3 Å². The maximum absolute atomic E-state index is 11.9. The molecule has 2 aliphatic heterocycles. The molecule has 20 heavy (non-hydrogen) atoms. The Balaban J connectivity index is 1.93. The summed E-state index contributed by atoms with van der Waals surface area (Å²) in [5.74, 6) is 0.432. The van der Waals surface area contributed by atoms with Gasteiger partial charge in [0.2, 0.25) is 0 Å². The second kappa shape index (κ2) is 4.68. The molecule has 2 N–H and O–H groups in total. The van der Waals surface area contributed by atoms with E-state index in [1.165, 1.54) is 9.80 Å². The average Bonchev–Trinajstić information content (AvgIpc) is 2.65. The van der Waals surface area contributed by atoms with E-state index in [2.05, 4.69) is 0 Å². The molecule has 0 saturated carbocycles. The number of carbonyl (C=O) groups is 2. The Morgan fingerprint density at radius 2 is 2.15 bits per heavy atom. The summed E-state index contributed by atoms with van der Waals surface area (Å²) in [7, 11) is 1.60. The predicted octanol–water partition coefficient (Wildman–Crippen LogP) is 0.529. The molecule has 0 bridgehead atoms. The van der Waals surface area contributed by atoms with Crippen LogP contribution in [0.5, 0.6) is 5.75 Å². The fourth-order valence-corrected chi connectivity index (χ4v) is 2.44. The quantitative estimate of drug-likeness (QED) is 0.629. The van der Waals surface area contributed by atoms with E-state index in [9.17, 15) is 9.59 Å². The van der Waals surface area contributed by atoms with Crippen molar-refractivity contribution in [3.05, 3.63) is 23.3 Å². The SMILES string of the molecule is CN1CC(=O)N(Cc2cc(N)cc3c2OCOC3)C1=O. The zero-order valence-corrected chi connectivity index (χ0v) is 11.1. The van der Waals surface area contributed by atoms with Gasteiger partial charge in [-0.25, -0.2) is 4.79 Å². The largest absolute Gasteiger partial charge is 0.467 e. The van der Waals surface area contributed by atoms with Crippen LogP contribution in [0.15, 0.2) is 12.1 Å². The molecule has 7 nitrogen and oxygen atoms in total. The molecule has 2 aliphatic rings. The van der Waals surface area contributed by atoms with Crippen molar-refractivity contribution in [3.63, 3.8) is 0 Å². The van der Waals surface area contributed by atoms with Gasteiger partial charge in [0.05, 0.1) is 13.2 Å². The van der Waals surface area contributed by atoms with Crippen LogP contribution < -0.4 is 10.5 Å². The second-order valence-corrected chi connectivity index (χ2v) is 4.90. The van der Waals surface area contributed by atoms with E-state index in [4.69, 9.17) is 15.2 Å². The van der Waals surface area contributed by atoms with Crippen LogP contribution in [0.2, 0.25) is 0 Å². The Labute approximate surface area is 115 Å². The summed E-state index contributed by atoms with van der Waals surface area (Å²) in [6.07, 6.45) is 0. The average molecular weight is 277 g/mol. The number of fused-ring (bicyclic) bond motifs is 1. The Morgan fingerprint density at radius 1 is 1.35 bits per heavy atom. The topological polar surface area (TPSA) is 85.1 Å². The van der Waals surface area contributed by atoms with Crippen LogP contribution in [0.1, 0.15) is 11.1 Å². The molecule has 1 fully saturated rings. The molecule has 1 saturated heterocycles. The minimum absolute atomic E-state index is 0.104. The van der Waals surface area contributed by atoms with Crippen molar-refractivity contribution in [1.29, 1.82) is 0 Å². The van der Waals surface area contributed by atoms with E-state index in [-0.39, 0.29) is 31.8 Å². The van der Waals surface area contributed by atoms with Gasteiger partial charge in [-0.15, -0.1) is 0 Å². The van der Waals surface area contributed by atoms with Crippen LogP contribution in [-0.2, 0) is 22.7 Å². The van der Waals surface area contributed by atoms with Crippen LogP contribution in [0.3, 0.4) is 0 Å². The number of imide groups is 1. The van der Waals surface area contributed by atoms with Gasteiger partial charge in [-0.1, -0.05) is 0 Å². The van der Waals surface area contributed by atoms with Crippen molar-refractivity contribution in [1.82, 2.24) is 9.80 Å². The summed E-state index contributed by atoms with van der Waals surface area (Å²) in [6, 6.07) is 3.19. The fourth-order valence-electron chi connectivity index (χ4n) is 2.44. The first-order valence-corrected chi connectivity index (χ1v) is 6.23. The molecule has 7 heteroatoms. The molecule has 3 rings (SSSR count). The lowest BCUT2D eigenvalue weighted by atomic mass is 10.1. The summed E-state index contributed by atoms with van der Waals surface area (Å²) >= 11 is 0. The summed E-state index contributed by atoms with van der Waals surface area (Å²) in [5.41, 5.74) is 7.95. The van der Waals surface area contributed by atoms with Crippen LogP contribution in [0.4, 0.5) is 10.5 Å². The number of nitrogens with two attached hydrogens (primary N) is 1. The van der Waals surface area contributed by atoms with Crippen molar-refractivity contribution >= 4 is 17.6 Å². The first kappa shape index (κ1) is 12.7. The Kier molecular flexibility index (Phi) is 2.98. The highest BCUT2D eigenvalue weighted by molar-refractivity contribution is 6.01. The predicted molar refractivity (Wildman–Crippen MR) is 69.7 cm³/mol. The van der Waals surface area contributed by atoms with Gasteiger partial charge < -0.3 is 20.1 Å². The van der Waals surface area contributed by atoms with Crippen molar-refractivity contribution in [2.24, 2.45) is 0 Å². The Hall–Kier alpha value is -2.28. The molecular formula is C13H15N3O4. The van der Waals surface area contributed by atoms with Gasteiger partial charge in [0.25, 0.3) is 5.91 Å². The van der Waals surface area contributed by atoms with Crippen molar-refractivity contribution in [3.8, 4) is 5.75 Å². The number of rotatable bonds is 2. The highest BCUT2D eigenvalue weighted by Gasteiger charge is 2.34. The van der Waals surface area contributed by atoms with E-state index in [0.717, 1.165) is 11.1 Å². The number of amides is 3. The third-order valence-electron chi connectivity index (χ3n) is 3.37. The zero-order valence-electron chi connectivity index (χ0n) is 11.1. The first-order valence-electron chi connectivity index (χ1n) is 6.23. The molecule has 0 aromatic heterocycles. The lowest BCUT2D eigenvalue weighted by Crippen LogP contribution is -2.31. The maximum atomic E-state index is 11.9. The van der Waals surface area contributed by atoms with E-state index in [1.807, 2.05) is 0 Å². The number of nitrogen functional groups attached to an aromatic ring is 1. The molecule has 0 unspecified atom stereocenters. The number of benzene rings is 1. The van der Waals surface area contributed by atoms with Gasteiger partial charge in [-0.05, 0) is 12.1 Å². The fraction of sp³-hybridized carbons (Fsp3) is 0.385. The smallest absolute Gasteiger partial charge is 0.327 e. The summed E-state index contributed by atoms with van der Waals surface area (Å²) < 4.78 is 10.7. The van der Waals surface area contributed by atoms with Crippen molar-refractivity contribution in [2.75, 3.05) is 26.1 Å². The van der Waals surface area contributed by atoms with Crippen LogP contribution >= 0.6 is 0 Å². The third-order valence-corrected chi connectivity index (χ3v) is 3.37. The van der Waals surface area contributed by atoms with Crippen LogP contribution in [0, 0.1) is 0 Å². The van der Waals surface area contributed by atoms with Crippen LogP contribution in [-0.4, -0.2) is 42.1 Å². The number of anilines is 1. The third kappa shape index (κ3) is 2.05. The molecule has 3 amide bonds. The number of hydrogen-bond donors (Lipinski definition) is 1. The van der Waals surface area contributed by atoms with Gasteiger partial charge in [0.15, 0.2) is 6.79 Å². The molecule has 1 aromatic carbocycles. The normalized spacial score (nSPS) is 18.2. The number of likely N-dealkylation sites (N-methyl/N-ethyl adjacent to an activating group) is 1. The molecule has 1 aromatic rings. The Morgan fingerprint density at radius 3 is 2.85 bits per heavy atom. The highest BCUT2D eigenvalue weighted by atomic mass is 16.7. The molecule has 0 spiro atoms. The zero-order chi connectivity index (χ0) is 14.3. The first-order chi connectivity index (χ1) is 9.56.